The Balaban J connectivity index is 1.29. The fourth-order valence-corrected chi connectivity index (χ4v) is 4.29. The van der Waals surface area contributed by atoms with Gasteiger partial charge in [0.2, 0.25) is 17.7 Å². The Hall–Kier alpha value is -2.21. The zero-order chi connectivity index (χ0) is 19.3. The third-order valence-electron chi connectivity index (χ3n) is 5.95. The van der Waals surface area contributed by atoms with Crippen LogP contribution in [-0.4, -0.2) is 52.1 Å². The first-order chi connectivity index (χ1) is 13.7. The molecule has 150 valence electrons. The highest BCUT2D eigenvalue weighted by Crippen LogP contribution is 2.24. The van der Waals surface area contributed by atoms with Crippen molar-refractivity contribution < 1.29 is 9.21 Å². The van der Waals surface area contributed by atoms with Crippen molar-refractivity contribution in [3.8, 4) is 11.5 Å². The molecule has 2 aliphatic rings. The average Bonchev–Trinajstić information content (AvgIpc) is 3.00. The molecule has 0 aliphatic carbocycles. The van der Waals surface area contributed by atoms with Crippen LogP contribution in [0.15, 0.2) is 28.7 Å². The lowest BCUT2D eigenvalue weighted by atomic mass is 9.95. The van der Waals surface area contributed by atoms with Gasteiger partial charge in [-0.15, -0.1) is 10.2 Å². The molecule has 28 heavy (non-hydrogen) atoms. The van der Waals surface area contributed by atoms with Gasteiger partial charge in [-0.3, -0.25) is 9.69 Å². The Morgan fingerprint density at radius 2 is 1.82 bits per heavy atom. The number of amides is 1. The van der Waals surface area contributed by atoms with E-state index in [1.807, 2.05) is 12.1 Å². The van der Waals surface area contributed by atoms with Gasteiger partial charge in [-0.1, -0.05) is 30.5 Å². The van der Waals surface area contributed by atoms with Crippen molar-refractivity contribution in [2.24, 2.45) is 5.92 Å². The molecule has 2 aromatic rings. The molecule has 1 aromatic carbocycles. The van der Waals surface area contributed by atoms with E-state index in [0.29, 0.717) is 24.2 Å². The number of rotatable bonds is 4. The second kappa shape index (κ2) is 8.86. The topological polar surface area (TPSA) is 62.5 Å². The molecule has 2 aliphatic heterocycles. The second-order valence-electron chi connectivity index (χ2n) is 8.16. The molecule has 1 aromatic heterocycles. The minimum Gasteiger partial charge on any atom is -0.419 e. The summed E-state index contributed by atoms with van der Waals surface area (Å²) < 4.78 is 5.87. The zero-order valence-corrected chi connectivity index (χ0v) is 16.8. The van der Waals surface area contributed by atoms with Gasteiger partial charge in [-0.25, -0.2) is 0 Å². The lowest BCUT2D eigenvalue weighted by molar-refractivity contribution is -0.137. The third kappa shape index (κ3) is 4.61. The van der Waals surface area contributed by atoms with Crippen LogP contribution in [0.2, 0.25) is 0 Å². The van der Waals surface area contributed by atoms with Crippen molar-refractivity contribution in [1.29, 1.82) is 0 Å². The van der Waals surface area contributed by atoms with Crippen LogP contribution in [0.25, 0.3) is 11.5 Å². The molecule has 4 rings (SSSR count). The van der Waals surface area contributed by atoms with Crippen molar-refractivity contribution in [3.05, 3.63) is 35.7 Å². The van der Waals surface area contributed by atoms with Crippen LogP contribution in [0.5, 0.6) is 0 Å². The molecular weight excluding hydrogens is 352 g/mol. The van der Waals surface area contributed by atoms with Crippen LogP contribution in [0.3, 0.4) is 0 Å². The molecule has 3 heterocycles. The Labute approximate surface area is 166 Å². The van der Waals surface area contributed by atoms with E-state index in [-0.39, 0.29) is 5.92 Å². The summed E-state index contributed by atoms with van der Waals surface area (Å²) in [6.45, 7) is 6.42. The summed E-state index contributed by atoms with van der Waals surface area (Å²) in [6, 6.07) is 8.10. The number of likely N-dealkylation sites (tertiary alicyclic amines) is 2. The molecule has 0 radical (unpaired) electrons. The number of benzene rings is 1. The zero-order valence-electron chi connectivity index (χ0n) is 16.8. The van der Waals surface area contributed by atoms with Gasteiger partial charge < -0.3 is 9.32 Å². The number of aromatic nitrogens is 2. The Morgan fingerprint density at radius 3 is 2.54 bits per heavy atom. The van der Waals surface area contributed by atoms with E-state index in [2.05, 4.69) is 39.1 Å². The van der Waals surface area contributed by atoms with Gasteiger partial charge in [-0.2, -0.15) is 0 Å². The quantitative estimate of drug-likeness (QED) is 0.807. The summed E-state index contributed by atoms with van der Waals surface area (Å²) in [5.74, 6) is 1.78. The lowest BCUT2D eigenvalue weighted by Crippen LogP contribution is -2.42. The molecule has 2 saturated heterocycles. The molecule has 0 atom stereocenters. The van der Waals surface area contributed by atoms with Gasteiger partial charge in [0.15, 0.2) is 0 Å². The normalized spacial score (nSPS) is 19.5. The average molecular weight is 383 g/mol. The molecule has 0 unspecified atom stereocenters. The first-order valence-corrected chi connectivity index (χ1v) is 10.6. The van der Waals surface area contributed by atoms with Crippen LogP contribution >= 0.6 is 0 Å². The van der Waals surface area contributed by atoms with Crippen LogP contribution in [0, 0.1) is 12.8 Å². The van der Waals surface area contributed by atoms with E-state index < -0.39 is 0 Å². The molecule has 0 bridgehead atoms. The minimum absolute atomic E-state index is 0.180. The Morgan fingerprint density at radius 1 is 1.07 bits per heavy atom. The summed E-state index contributed by atoms with van der Waals surface area (Å²) >= 11 is 0. The molecule has 0 N–H and O–H groups in total. The number of carbonyl (C=O) groups is 1. The number of hydrogen-bond acceptors (Lipinski definition) is 5. The standard InChI is InChI=1S/C22H30N4O2/c1-17-7-6-8-19(15-17)21-24-23-20(28-21)16-25-13-9-18(10-14-25)22(27)26-11-4-2-3-5-12-26/h6-8,15,18H,2-5,9-14,16H2,1H3. The maximum Gasteiger partial charge on any atom is 0.247 e. The van der Waals surface area contributed by atoms with E-state index in [1.165, 1.54) is 18.4 Å². The minimum atomic E-state index is 0.180. The number of aryl methyl sites for hydroxylation is 1. The summed E-state index contributed by atoms with van der Waals surface area (Å²) in [4.78, 5) is 17.3. The van der Waals surface area contributed by atoms with Gasteiger partial charge in [-0.05, 0) is 57.8 Å². The van der Waals surface area contributed by atoms with Crippen molar-refractivity contribution in [3.63, 3.8) is 0 Å². The van der Waals surface area contributed by atoms with Crippen molar-refractivity contribution >= 4 is 5.91 Å². The molecule has 0 spiro atoms. The van der Waals surface area contributed by atoms with Gasteiger partial charge in [0.1, 0.15) is 0 Å². The van der Waals surface area contributed by atoms with Gasteiger partial charge in [0.25, 0.3) is 0 Å². The number of hydrogen-bond donors (Lipinski definition) is 0. The molecule has 1 amide bonds. The van der Waals surface area contributed by atoms with E-state index in [4.69, 9.17) is 4.42 Å². The van der Waals surface area contributed by atoms with Crippen molar-refractivity contribution in [2.45, 2.75) is 52.0 Å². The van der Waals surface area contributed by atoms with Crippen molar-refractivity contribution in [1.82, 2.24) is 20.0 Å². The van der Waals surface area contributed by atoms with Crippen LogP contribution in [0.4, 0.5) is 0 Å². The molecule has 6 heteroatoms. The highest BCUT2D eigenvalue weighted by atomic mass is 16.4. The first-order valence-electron chi connectivity index (χ1n) is 10.6. The lowest BCUT2D eigenvalue weighted by Gasteiger charge is -2.33. The second-order valence-corrected chi connectivity index (χ2v) is 8.16. The van der Waals surface area contributed by atoms with Crippen LogP contribution in [0.1, 0.15) is 50.0 Å². The van der Waals surface area contributed by atoms with E-state index in [0.717, 1.165) is 57.4 Å². The molecular formula is C22H30N4O2. The van der Waals surface area contributed by atoms with Gasteiger partial charge in [0.05, 0.1) is 6.54 Å². The van der Waals surface area contributed by atoms with Crippen LogP contribution < -0.4 is 0 Å². The fraction of sp³-hybridized carbons (Fsp3) is 0.591. The smallest absolute Gasteiger partial charge is 0.247 e. The highest BCUT2D eigenvalue weighted by molar-refractivity contribution is 5.79. The highest BCUT2D eigenvalue weighted by Gasteiger charge is 2.29. The predicted molar refractivity (Wildman–Crippen MR) is 108 cm³/mol. The monoisotopic (exact) mass is 382 g/mol. The third-order valence-corrected chi connectivity index (χ3v) is 5.95. The largest absolute Gasteiger partial charge is 0.419 e. The summed E-state index contributed by atoms with van der Waals surface area (Å²) in [7, 11) is 0. The van der Waals surface area contributed by atoms with E-state index >= 15 is 0 Å². The van der Waals surface area contributed by atoms with Gasteiger partial charge in [0, 0.05) is 24.6 Å². The molecule has 2 fully saturated rings. The number of carbonyl (C=O) groups excluding carboxylic acids is 1. The van der Waals surface area contributed by atoms with Crippen LogP contribution in [-0.2, 0) is 11.3 Å². The number of piperidine rings is 1. The summed E-state index contributed by atoms with van der Waals surface area (Å²) in [5, 5.41) is 8.42. The summed E-state index contributed by atoms with van der Waals surface area (Å²) in [5.41, 5.74) is 2.13. The Bertz CT molecular complexity index is 787. The molecule has 6 nitrogen and oxygen atoms in total. The molecule has 0 saturated carbocycles. The maximum absolute atomic E-state index is 12.8. The fourth-order valence-electron chi connectivity index (χ4n) is 4.29. The maximum atomic E-state index is 12.8. The first kappa shape index (κ1) is 19.1. The Kier molecular flexibility index (Phi) is 6.05. The number of nitrogens with zero attached hydrogens (tertiary/aromatic N) is 4. The van der Waals surface area contributed by atoms with E-state index in [9.17, 15) is 4.79 Å². The summed E-state index contributed by atoms with van der Waals surface area (Å²) in [6.07, 6.45) is 6.69. The van der Waals surface area contributed by atoms with E-state index in [1.54, 1.807) is 0 Å². The SMILES string of the molecule is Cc1cccc(-c2nnc(CN3CCC(C(=O)N4CCCCCC4)CC3)o2)c1. The van der Waals surface area contributed by atoms with Gasteiger partial charge >= 0.3 is 0 Å². The van der Waals surface area contributed by atoms with Crippen molar-refractivity contribution in [2.75, 3.05) is 26.2 Å². The predicted octanol–water partition coefficient (Wildman–Crippen LogP) is 3.66.